The molecule has 2 heterocycles. The van der Waals surface area contributed by atoms with E-state index in [1.165, 1.54) is 21.1 Å². The number of hydrogen-bond acceptors (Lipinski definition) is 9. The zero-order chi connectivity index (χ0) is 31.6. The Morgan fingerprint density at radius 1 is 0.674 bits per heavy atom. The van der Waals surface area contributed by atoms with E-state index in [1.807, 2.05) is 0 Å². The average Bonchev–Trinajstić information content (AvgIpc) is 2.97. The van der Waals surface area contributed by atoms with Crippen molar-refractivity contribution in [2.24, 2.45) is 0 Å². The van der Waals surface area contributed by atoms with Crippen molar-refractivity contribution in [1.29, 1.82) is 0 Å². The van der Waals surface area contributed by atoms with Crippen molar-refractivity contribution in [1.82, 2.24) is 20.0 Å². The first-order valence-corrected chi connectivity index (χ1v) is 15.4. The number of carbonyl (C=O) groups excluding carboxylic acids is 3. The van der Waals surface area contributed by atoms with Gasteiger partial charge in [-0.05, 0) is 72.1 Å². The van der Waals surface area contributed by atoms with E-state index in [4.69, 9.17) is 19.3 Å². The Bertz CT molecular complexity index is 975. The van der Waals surface area contributed by atoms with E-state index in [1.54, 1.807) is 20.8 Å². The van der Waals surface area contributed by atoms with Gasteiger partial charge in [0, 0.05) is 32.7 Å². The molecule has 2 saturated heterocycles. The van der Waals surface area contributed by atoms with Crippen LogP contribution in [0, 0.1) is 0 Å². The summed E-state index contributed by atoms with van der Waals surface area (Å²) in [4.78, 5) is 63.1. The van der Waals surface area contributed by atoms with Crippen LogP contribution in [-0.4, -0.2) is 124 Å². The molecule has 2 atom stereocenters. The van der Waals surface area contributed by atoms with Gasteiger partial charge in [-0.3, -0.25) is 9.80 Å². The summed E-state index contributed by atoms with van der Waals surface area (Å²) in [5.41, 5.74) is -0.660. The van der Waals surface area contributed by atoms with Gasteiger partial charge in [-0.15, -0.1) is 0 Å². The first-order chi connectivity index (χ1) is 20.4. The first kappa shape index (κ1) is 34.2. The highest BCUT2D eigenvalue weighted by atomic mass is 16.6. The normalized spacial score (nSPS) is 23.8. The van der Waals surface area contributed by atoms with E-state index >= 15 is 0 Å². The van der Waals surface area contributed by atoms with Crippen molar-refractivity contribution in [2.75, 3.05) is 39.3 Å². The summed E-state index contributed by atoms with van der Waals surface area (Å²) in [6.07, 6.45) is 8.16. The maximum absolute atomic E-state index is 12.4. The molecule has 3 amide bonds. The summed E-state index contributed by atoms with van der Waals surface area (Å²) in [6.45, 7) is 6.76. The Morgan fingerprint density at radius 2 is 1.16 bits per heavy atom. The Balaban J connectivity index is 0.000000248. The van der Waals surface area contributed by atoms with Gasteiger partial charge in [0.05, 0.1) is 6.54 Å². The molecule has 4 fully saturated rings. The molecule has 3 N–H and O–H groups in total. The molecule has 0 radical (unpaired) electrons. The maximum Gasteiger partial charge on any atom is 0.410 e. The quantitative estimate of drug-likeness (QED) is 0.397. The molecular weight excluding hydrogens is 564 g/mol. The molecule has 2 unspecified atom stereocenters. The lowest BCUT2D eigenvalue weighted by molar-refractivity contribution is -0.145. The van der Waals surface area contributed by atoms with Crippen LogP contribution in [0.25, 0.3) is 0 Å². The number of nitrogens with one attached hydrogen (secondary N) is 1. The largest absolute Gasteiger partial charge is 0.480 e. The Hall–Kier alpha value is -3.29. The topological polar surface area (TPSA) is 175 Å². The molecule has 14 nitrogen and oxygen atoms in total. The molecule has 0 aromatic carbocycles. The van der Waals surface area contributed by atoms with E-state index in [0.717, 1.165) is 57.8 Å². The standard InChI is InChI=1S/C17H28N2O6.C12H20N2O4/c1-17(2,3)25-15(22)18-9-10-19(13(11-18)14(20)21)16(23)24-12-7-5-4-6-8-12;15-11(16)10-8-13-6-7-14(10)12(17)18-9-4-2-1-3-5-9/h12-13H,4-11H2,1-3H3,(H,20,21);9-10,13H,1-8H2,(H,15,16). The number of carboxylic acid groups (broad SMARTS) is 2. The molecule has 2 saturated carbocycles. The summed E-state index contributed by atoms with van der Waals surface area (Å²) in [5, 5.41) is 21.5. The molecular formula is C29H48N4O10. The van der Waals surface area contributed by atoms with Crippen molar-refractivity contribution in [3.05, 3.63) is 0 Å². The third-order valence-electron chi connectivity index (χ3n) is 7.95. The lowest BCUT2D eigenvalue weighted by atomic mass is 9.98. The third kappa shape index (κ3) is 10.7. The van der Waals surface area contributed by atoms with Crippen LogP contribution in [0.3, 0.4) is 0 Å². The van der Waals surface area contributed by atoms with Crippen LogP contribution < -0.4 is 5.32 Å². The summed E-state index contributed by atoms with van der Waals surface area (Å²) in [7, 11) is 0. The minimum atomic E-state index is -1.16. The second kappa shape index (κ2) is 16.0. The Labute approximate surface area is 253 Å². The smallest absolute Gasteiger partial charge is 0.410 e. The van der Waals surface area contributed by atoms with E-state index < -0.39 is 47.9 Å². The van der Waals surface area contributed by atoms with Crippen molar-refractivity contribution >= 4 is 30.2 Å². The van der Waals surface area contributed by atoms with Gasteiger partial charge in [0.2, 0.25) is 0 Å². The average molecular weight is 613 g/mol. The van der Waals surface area contributed by atoms with Crippen LogP contribution in [0.1, 0.15) is 85.0 Å². The second-order valence-corrected chi connectivity index (χ2v) is 12.5. The molecule has 0 spiro atoms. The van der Waals surface area contributed by atoms with E-state index in [0.29, 0.717) is 13.1 Å². The molecule has 244 valence electrons. The SMILES string of the molecule is CC(C)(C)OC(=O)N1CCN(C(=O)OC2CCCCC2)C(C(=O)O)C1.O=C(O)C1CNCCN1C(=O)OC1CCCCC1. The molecule has 43 heavy (non-hydrogen) atoms. The van der Waals surface area contributed by atoms with Crippen LogP contribution in [0.2, 0.25) is 0 Å². The van der Waals surface area contributed by atoms with E-state index in [2.05, 4.69) is 5.32 Å². The number of aliphatic carboxylic acids is 2. The van der Waals surface area contributed by atoms with Gasteiger partial charge in [-0.25, -0.2) is 24.0 Å². The van der Waals surface area contributed by atoms with E-state index in [9.17, 15) is 29.1 Å². The molecule has 14 heteroatoms. The monoisotopic (exact) mass is 612 g/mol. The van der Waals surface area contributed by atoms with Gasteiger partial charge in [-0.1, -0.05) is 12.8 Å². The number of piperazine rings is 2. The third-order valence-corrected chi connectivity index (χ3v) is 7.95. The number of ether oxygens (including phenoxy) is 3. The molecule has 0 bridgehead atoms. The highest BCUT2D eigenvalue weighted by Gasteiger charge is 2.40. The molecule has 4 rings (SSSR count). The summed E-state index contributed by atoms with van der Waals surface area (Å²) in [6, 6.07) is -1.94. The fraction of sp³-hybridized carbons (Fsp3) is 0.828. The molecule has 4 aliphatic rings. The molecule has 0 aromatic heterocycles. The van der Waals surface area contributed by atoms with Gasteiger partial charge >= 0.3 is 30.2 Å². The number of amides is 3. The lowest BCUT2D eigenvalue weighted by Crippen LogP contribution is -2.60. The highest BCUT2D eigenvalue weighted by Crippen LogP contribution is 2.23. The number of carboxylic acids is 2. The minimum absolute atomic E-state index is 0.0319. The van der Waals surface area contributed by atoms with Crippen molar-refractivity contribution in [2.45, 2.75) is 115 Å². The van der Waals surface area contributed by atoms with Gasteiger partial charge < -0.3 is 34.6 Å². The fourth-order valence-electron chi connectivity index (χ4n) is 5.64. The lowest BCUT2D eigenvalue weighted by Gasteiger charge is -2.39. The van der Waals surface area contributed by atoms with E-state index in [-0.39, 0.29) is 38.4 Å². The highest BCUT2D eigenvalue weighted by molar-refractivity contribution is 5.82. The fourth-order valence-corrected chi connectivity index (χ4v) is 5.64. The van der Waals surface area contributed by atoms with Crippen LogP contribution in [-0.2, 0) is 23.8 Å². The summed E-state index contributed by atoms with van der Waals surface area (Å²) in [5.74, 6) is -2.14. The molecule has 0 aromatic rings. The predicted molar refractivity (Wildman–Crippen MR) is 154 cm³/mol. The summed E-state index contributed by atoms with van der Waals surface area (Å²) < 4.78 is 16.2. The van der Waals surface area contributed by atoms with Gasteiger partial charge in [0.1, 0.15) is 23.9 Å². The van der Waals surface area contributed by atoms with Crippen LogP contribution in [0.4, 0.5) is 14.4 Å². The number of nitrogens with zero attached hydrogens (tertiary/aromatic N) is 3. The van der Waals surface area contributed by atoms with Crippen molar-refractivity contribution < 1.29 is 48.4 Å². The van der Waals surface area contributed by atoms with Crippen molar-refractivity contribution in [3.8, 4) is 0 Å². The Kier molecular flexibility index (Phi) is 12.7. The number of rotatable bonds is 4. The van der Waals surface area contributed by atoms with Gasteiger partial charge in [-0.2, -0.15) is 0 Å². The Morgan fingerprint density at radius 3 is 1.63 bits per heavy atom. The van der Waals surface area contributed by atoms with Crippen LogP contribution in [0.15, 0.2) is 0 Å². The second-order valence-electron chi connectivity index (χ2n) is 12.5. The van der Waals surface area contributed by atoms with Gasteiger partial charge in [0.25, 0.3) is 0 Å². The van der Waals surface area contributed by atoms with Crippen molar-refractivity contribution in [3.63, 3.8) is 0 Å². The van der Waals surface area contributed by atoms with Gasteiger partial charge in [0.15, 0.2) is 6.04 Å². The van der Waals surface area contributed by atoms with Crippen LogP contribution >= 0.6 is 0 Å². The molecule has 2 aliphatic carbocycles. The molecule has 2 aliphatic heterocycles. The predicted octanol–water partition coefficient (Wildman–Crippen LogP) is 3.28. The van der Waals surface area contributed by atoms with Crippen LogP contribution in [0.5, 0.6) is 0 Å². The summed E-state index contributed by atoms with van der Waals surface area (Å²) >= 11 is 0. The number of hydrogen-bond donors (Lipinski definition) is 3. The zero-order valence-corrected chi connectivity index (χ0v) is 25.6. The minimum Gasteiger partial charge on any atom is -0.480 e. The number of carbonyl (C=O) groups is 5. The maximum atomic E-state index is 12.4. The first-order valence-electron chi connectivity index (χ1n) is 15.4. The zero-order valence-electron chi connectivity index (χ0n) is 25.6.